The van der Waals surface area contributed by atoms with Crippen molar-refractivity contribution in [2.24, 2.45) is 0 Å². The number of hydrogen-bond donors (Lipinski definition) is 1. The van der Waals surface area contributed by atoms with E-state index in [1.165, 1.54) is 21.1 Å². The quantitative estimate of drug-likeness (QED) is 0.458. The lowest BCUT2D eigenvalue weighted by Gasteiger charge is -2.11. The molecule has 1 N–H and O–H groups in total. The van der Waals surface area contributed by atoms with Crippen LogP contribution in [0.4, 0.5) is 0 Å². The lowest BCUT2D eigenvalue weighted by molar-refractivity contribution is -0.140. The summed E-state index contributed by atoms with van der Waals surface area (Å²) in [5.74, 6) is -1.87. The van der Waals surface area contributed by atoms with Crippen molar-refractivity contribution in [1.82, 2.24) is 5.32 Å². The zero-order chi connectivity index (χ0) is 14.2. The molecule has 0 bridgehead atoms. The van der Waals surface area contributed by atoms with Gasteiger partial charge in [-0.2, -0.15) is 0 Å². The predicted molar refractivity (Wildman–Crippen MR) is 64.8 cm³/mol. The monoisotopic (exact) mass is 281 g/mol. The van der Waals surface area contributed by atoms with Crippen molar-refractivity contribution in [2.75, 3.05) is 33.1 Å². The molecule has 0 aliphatic rings. The minimum Gasteiger partial charge on any atom is -0.469 e. The molecular weight excluding hydrogens is 262 g/mol. The zero-order valence-corrected chi connectivity index (χ0v) is 11.6. The van der Waals surface area contributed by atoms with Gasteiger partial charge in [0, 0.05) is 13.7 Å². The summed E-state index contributed by atoms with van der Waals surface area (Å²) >= 11 is 0. The molecular formula is C10H19NO6S. The average Bonchev–Trinajstić information content (AvgIpc) is 2.28. The molecule has 7 nitrogen and oxygen atoms in total. The highest BCUT2D eigenvalue weighted by Gasteiger charge is 2.26. The number of carbonyl (C=O) groups is 2. The van der Waals surface area contributed by atoms with Gasteiger partial charge in [0.05, 0.1) is 25.4 Å². The molecule has 0 aliphatic heterocycles. The molecule has 0 saturated heterocycles. The molecule has 106 valence electrons. The molecule has 0 heterocycles. The number of sulfone groups is 1. The topological polar surface area (TPSA) is 98.8 Å². The second-order valence-electron chi connectivity index (χ2n) is 3.74. The highest BCUT2D eigenvalue weighted by atomic mass is 32.2. The van der Waals surface area contributed by atoms with Gasteiger partial charge >= 0.3 is 5.97 Å². The highest BCUT2D eigenvalue weighted by molar-refractivity contribution is 7.92. The Morgan fingerprint density at radius 1 is 1.28 bits per heavy atom. The fourth-order valence-electron chi connectivity index (χ4n) is 1.11. The highest BCUT2D eigenvalue weighted by Crippen LogP contribution is 2.07. The van der Waals surface area contributed by atoms with E-state index in [0.29, 0.717) is 6.61 Å². The number of amides is 1. The molecule has 0 aromatic carbocycles. The van der Waals surface area contributed by atoms with E-state index < -0.39 is 32.7 Å². The van der Waals surface area contributed by atoms with Crippen LogP contribution < -0.4 is 5.32 Å². The Morgan fingerprint density at radius 2 is 1.89 bits per heavy atom. The van der Waals surface area contributed by atoms with Gasteiger partial charge in [-0.15, -0.1) is 0 Å². The van der Waals surface area contributed by atoms with Crippen molar-refractivity contribution in [3.05, 3.63) is 0 Å². The molecule has 0 fully saturated rings. The van der Waals surface area contributed by atoms with Crippen LogP contribution in [-0.4, -0.2) is 58.7 Å². The van der Waals surface area contributed by atoms with Gasteiger partial charge < -0.3 is 14.8 Å². The fraction of sp³-hybridized carbons (Fsp3) is 0.800. The maximum Gasteiger partial charge on any atom is 0.306 e. The number of esters is 1. The average molecular weight is 281 g/mol. The Morgan fingerprint density at radius 3 is 2.39 bits per heavy atom. The second kappa shape index (κ2) is 8.04. The van der Waals surface area contributed by atoms with Crippen LogP contribution in [0.5, 0.6) is 0 Å². The van der Waals surface area contributed by atoms with Gasteiger partial charge in [-0.05, 0) is 6.92 Å². The Balaban J connectivity index is 4.29. The smallest absolute Gasteiger partial charge is 0.306 e. The number of rotatable bonds is 8. The maximum atomic E-state index is 11.7. The summed E-state index contributed by atoms with van der Waals surface area (Å²) in [4.78, 5) is 22.3. The fourth-order valence-corrected chi connectivity index (χ4v) is 2.26. The number of ether oxygens (including phenoxy) is 2. The van der Waals surface area contributed by atoms with Gasteiger partial charge in [-0.3, -0.25) is 9.59 Å². The van der Waals surface area contributed by atoms with Crippen molar-refractivity contribution >= 4 is 21.7 Å². The zero-order valence-electron chi connectivity index (χ0n) is 10.8. The molecule has 0 saturated carbocycles. The molecule has 0 spiro atoms. The van der Waals surface area contributed by atoms with E-state index in [-0.39, 0.29) is 13.0 Å². The van der Waals surface area contributed by atoms with Crippen LogP contribution in [0.3, 0.4) is 0 Å². The van der Waals surface area contributed by atoms with Crippen molar-refractivity contribution in [3.63, 3.8) is 0 Å². The Kier molecular flexibility index (Phi) is 7.53. The summed E-state index contributed by atoms with van der Waals surface area (Å²) in [6.07, 6.45) is -0.260. The van der Waals surface area contributed by atoms with E-state index in [4.69, 9.17) is 4.74 Å². The summed E-state index contributed by atoms with van der Waals surface area (Å²) in [6, 6.07) is 0. The standard InChI is InChI=1S/C10H19NO6S/c1-8(6-10(13)17-3)18(14,15)7-9(12)11-4-5-16-2/h8H,4-7H2,1-3H3,(H,11,12). The summed E-state index contributed by atoms with van der Waals surface area (Å²) in [5.41, 5.74) is 0. The first-order chi connectivity index (χ1) is 8.33. The minimum atomic E-state index is -3.66. The van der Waals surface area contributed by atoms with Crippen molar-refractivity contribution in [2.45, 2.75) is 18.6 Å². The van der Waals surface area contributed by atoms with E-state index in [2.05, 4.69) is 10.1 Å². The van der Waals surface area contributed by atoms with Crippen LogP contribution in [0.2, 0.25) is 0 Å². The summed E-state index contributed by atoms with van der Waals surface area (Å²) in [5, 5.41) is 1.46. The first kappa shape index (κ1) is 16.9. The van der Waals surface area contributed by atoms with Gasteiger partial charge in [0.25, 0.3) is 0 Å². The molecule has 0 aromatic heterocycles. The second-order valence-corrected chi connectivity index (χ2v) is 6.16. The van der Waals surface area contributed by atoms with Crippen LogP contribution >= 0.6 is 0 Å². The molecule has 0 aliphatic carbocycles. The number of nitrogens with one attached hydrogen (secondary N) is 1. The normalized spacial score (nSPS) is 12.8. The summed E-state index contributed by atoms with van der Waals surface area (Å²) < 4.78 is 32.5. The van der Waals surface area contributed by atoms with Crippen LogP contribution in [0.1, 0.15) is 13.3 Å². The van der Waals surface area contributed by atoms with Gasteiger partial charge in [0.2, 0.25) is 5.91 Å². The van der Waals surface area contributed by atoms with E-state index in [9.17, 15) is 18.0 Å². The molecule has 1 amide bonds. The Hall–Kier alpha value is -1.15. The maximum absolute atomic E-state index is 11.7. The van der Waals surface area contributed by atoms with Crippen molar-refractivity contribution in [3.8, 4) is 0 Å². The first-order valence-electron chi connectivity index (χ1n) is 5.37. The molecule has 0 radical (unpaired) electrons. The Bertz CT molecular complexity index is 378. The SMILES string of the molecule is COCCNC(=O)CS(=O)(=O)C(C)CC(=O)OC. The third-order valence-corrected chi connectivity index (χ3v) is 4.31. The van der Waals surface area contributed by atoms with Gasteiger partial charge in [-0.1, -0.05) is 0 Å². The predicted octanol–water partition coefficient (Wildman–Crippen LogP) is -0.885. The minimum absolute atomic E-state index is 0.246. The lowest BCUT2D eigenvalue weighted by Crippen LogP contribution is -2.36. The lowest BCUT2D eigenvalue weighted by atomic mass is 10.3. The number of methoxy groups -OCH3 is 2. The summed E-state index contributed by atoms with van der Waals surface area (Å²) in [7, 11) is -1.00. The Labute approximate surface area is 107 Å². The third kappa shape index (κ3) is 6.55. The van der Waals surface area contributed by atoms with Crippen LogP contribution in [-0.2, 0) is 28.9 Å². The van der Waals surface area contributed by atoms with E-state index in [1.54, 1.807) is 0 Å². The molecule has 8 heteroatoms. The molecule has 0 rings (SSSR count). The first-order valence-corrected chi connectivity index (χ1v) is 7.09. The number of carbonyl (C=O) groups excluding carboxylic acids is 2. The van der Waals surface area contributed by atoms with Gasteiger partial charge in [-0.25, -0.2) is 8.42 Å². The van der Waals surface area contributed by atoms with E-state index in [1.807, 2.05) is 0 Å². The molecule has 1 unspecified atom stereocenters. The van der Waals surface area contributed by atoms with Crippen LogP contribution in [0.15, 0.2) is 0 Å². The van der Waals surface area contributed by atoms with E-state index >= 15 is 0 Å². The molecule has 1 atom stereocenters. The molecule has 0 aromatic rings. The van der Waals surface area contributed by atoms with Gasteiger partial charge in [0.1, 0.15) is 5.75 Å². The largest absolute Gasteiger partial charge is 0.469 e. The van der Waals surface area contributed by atoms with Gasteiger partial charge in [0.15, 0.2) is 9.84 Å². The number of hydrogen-bond acceptors (Lipinski definition) is 6. The van der Waals surface area contributed by atoms with Crippen molar-refractivity contribution < 1.29 is 27.5 Å². The van der Waals surface area contributed by atoms with Crippen LogP contribution in [0.25, 0.3) is 0 Å². The van der Waals surface area contributed by atoms with Crippen LogP contribution in [0, 0.1) is 0 Å². The molecule has 18 heavy (non-hydrogen) atoms. The van der Waals surface area contributed by atoms with Crippen molar-refractivity contribution in [1.29, 1.82) is 0 Å². The van der Waals surface area contributed by atoms with E-state index in [0.717, 1.165) is 0 Å². The summed E-state index contributed by atoms with van der Waals surface area (Å²) in [6.45, 7) is 1.93. The third-order valence-electron chi connectivity index (χ3n) is 2.26.